The van der Waals surface area contributed by atoms with Crippen LogP contribution in [0.5, 0.6) is 0 Å². The minimum absolute atomic E-state index is 0.390. The van der Waals surface area contributed by atoms with Crippen LogP contribution >= 0.6 is 23.2 Å². The maximum atomic E-state index is 12.4. The highest BCUT2D eigenvalue weighted by Gasteiger charge is 2.20. The van der Waals surface area contributed by atoms with Gasteiger partial charge in [0.1, 0.15) is 6.54 Å². The lowest BCUT2D eigenvalue weighted by Crippen LogP contribution is -2.39. The molecule has 174 valence electrons. The van der Waals surface area contributed by atoms with Crippen molar-refractivity contribution in [3.63, 3.8) is 0 Å². The highest BCUT2D eigenvalue weighted by molar-refractivity contribution is 7.92. The molecule has 10 heteroatoms. The van der Waals surface area contributed by atoms with Gasteiger partial charge in [-0.3, -0.25) is 9.10 Å². The molecular formula is C23H24Cl2N4O3S. The Morgan fingerprint density at radius 2 is 1.76 bits per heavy atom. The molecular weight excluding hydrogens is 483 g/mol. The van der Waals surface area contributed by atoms with Gasteiger partial charge in [-0.2, -0.15) is 5.10 Å². The van der Waals surface area contributed by atoms with Gasteiger partial charge < -0.3 is 4.57 Å². The highest BCUT2D eigenvalue weighted by atomic mass is 35.5. The Morgan fingerprint density at radius 3 is 2.36 bits per heavy atom. The molecule has 2 aromatic carbocycles. The number of carbonyl (C=O) groups is 1. The van der Waals surface area contributed by atoms with E-state index in [0.717, 1.165) is 38.8 Å². The molecule has 0 radical (unpaired) electrons. The van der Waals surface area contributed by atoms with Crippen LogP contribution in [-0.2, 0) is 14.8 Å². The van der Waals surface area contributed by atoms with Crippen LogP contribution in [0.25, 0.3) is 5.69 Å². The summed E-state index contributed by atoms with van der Waals surface area (Å²) in [5.41, 5.74) is 7.14. The molecule has 3 aromatic rings. The van der Waals surface area contributed by atoms with Crippen LogP contribution in [0, 0.1) is 20.8 Å². The second-order valence-electron chi connectivity index (χ2n) is 7.66. The Balaban J connectivity index is 1.75. The molecule has 0 aliphatic heterocycles. The molecule has 0 spiro atoms. The number of aromatic nitrogens is 1. The van der Waals surface area contributed by atoms with Gasteiger partial charge in [0.2, 0.25) is 10.0 Å². The molecule has 0 unspecified atom stereocenters. The zero-order chi connectivity index (χ0) is 24.3. The van der Waals surface area contributed by atoms with Gasteiger partial charge in [0.25, 0.3) is 5.91 Å². The number of aryl methyl sites for hydroxylation is 2. The molecule has 0 fully saturated rings. The van der Waals surface area contributed by atoms with E-state index in [4.69, 9.17) is 23.2 Å². The fourth-order valence-electron chi connectivity index (χ4n) is 3.40. The van der Waals surface area contributed by atoms with Crippen molar-refractivity contribution >= 4 is 51.0 Å². The lowest BCUT2D eigenvalue weighted by atomic mass is 10.2. The molecule has 33 heavy (non-hydrogen) atoms. The van der Waals surface area contributed by atoms with Gasteiger partial charge in [-0.25, -0.2) is 13.8 Å². The van der Waals surface area contributed by atoms with Gasteiger partial charge in [-0.15, -0.1) is 0 Å². The Labute approximate surface area is 203 Å². The standard InChI is InChI=1S/C23H24Cl2N4O3S/c1-15-5-8-20(9-6-15)28(33(4,31)32)14-23(30)27-26-13-18-11-16(2)29(17(18)3)22-10-7-19(24)12-21(22)25/h5-13H,14H2,1-4H3,(H,27,30)/b26-13+. The summed E-state index contributed by atoms with van der Waals surface area (Å²) < 4.78 is 27.4. The number of benzene rings is 2. The lowest BCUT2D eigenvalue weighted by molar-refractivity contribution is -0.119. The van der Waals surface area contributed by atoms with E-state index in [1.54, 1.807) is 36.4 Å². The summed E-state index contributed by atoms with van der Waals surface area (Å²) in [5, 5.41) is 5.07. The van der Waals surface area contributed by atoms with Crippen molar-refractivity contribution in [1.82, 2.24) is 9.99 Å². The van der Waals surface area contributed by atoms with Crippen LogP contribution in [0.4, 0.5) is 5.69 Å². The summed E-state index contributed by atoms with van der Waals surface area (Å²) in [6.07, 6.45) is 2.57. The number of anilines is 1. The summed E-state index contributed by atoms with van der Waals surface area (Å²) in [5.74, 6) is -0.563. The fourth-order valence-corrected chi connectivity index (χ4v) is 4.75. The maximum Gasteiger partial charge on any atom is 0.260 e. The monoisotopic (exact) mass is 506 g/mol. The third-order valence-corrected chi connectivity index (χ3v) is 6.70. The zero-order valence-electron chi connectivity index (χ0n) is 18.6. The largest absolute Gasteiger partial charge is 0.316 e. The molecule has 0 saturated heterocycles. The van der Waals surface area contributed by atoms with Crippen LogP contribution in [0.3, 0.4) is 0 Å². The Bertz CT molecular complexity index is 1320. The first-order chi connectivity index (χ1) is 15.5. The van der Waals surface area contributed by atoms with E-state index in [2.05, 4.69) is 10.5 Å². The number of amides is 1. The number of carbonyl (C=O) groups excluding carboxylic acids is 1. The van der Waals surface area contributed by atoms with E-state index < -0.39 is 22.5 Å². The molecule has 1 heterocycles. The zero-order valence-corrected chi connectivity index (χ0v) is 21.0. The number of halogens is 2. The first-order valence-corrected chi connectivity index (χ1v) is 12.6. The molecule has 0 bridgehead atoms. The average molecular weight is 507 g/mol. The summed E-state index contributed by atoms with van der Waals surface area (Å²) in [6, 6.07) is 14.1. The molecule has 7 nitrogen and oxygen atoms in total. The summed E-state index contributed by atoms with van der Waals surface area (Å²) in [7, 11) is -3.65. The minimum Gasteiger partial charge on any atom is -0.316 e. The van der Waals surface area contributed by atoms with Gasteiger partial charge in [0.15, 0.2) is 0 Å². The van der Waals surface area contributed by atoms with Crippen molar-refractivity contribution in [2.45, 2.75) is 20.8 Å². The number of nitrogens with zero attached hydrogens (tertiary/aromatic N) is 3. The van der Waals surface area contributed by atoms with Gasteiger partial charge in [0, 0.05) is 22.0 Å². The van der Waals surface area contributed by atoms with E-state index in [1.165, 1.54) is 6.21 Å². The predicted octanol–water partition coefficient (Wildman–Crippen LogP) is 4.63. The molecule has 3 rings (SSSR count). The van der Waals surface area contributed by atoms with Crippen molar-refractivity contribution in [2.75, 3.05) is 17.1 Å². The smallest absolute Gasteiger partial charge is 0.260 e. The summed E-state index contributed by atoms with van der Waals surface area (Å²) >= 11 is 12.4. The predicted molar refractivity (Wildman–Crippen MR) is 134 cm³/mol. The third kappa shape index (κ3) is 5.96. The van der Waals surface area contributed by atoms with Gasteiger partial charge in [-0.1, -0.05) is 40.9 Å². The minimum atomic E-state index is -3.65. The molecule has 1 amide bonds. The van der Waals surface area contributed by atoms with Crippen molar-refractivity contribution in [2.24, 2.45) is 5.10 Å². The van der Waals surface area contributed by atoms with Crippen LogP contribution in [0.2, 0.25) is 10.0 Å². The topological polar surface area (TPSA) is 83.8 Å². The van der Waals surface area contributed by atoms with Crippen molar-refractivity contribution < 1.29 is 13.2 Å². The number of hydrogen-bond donors (Lipinski definition) is 1. The highest BCUT2D eigenvalue weighted by Crippen LogP contribution is 2.28. The molecule has 1 aromatic heterocycles. The van der Waals surface area contributed by atoms with Gasteiger partial charge >= 0.3 is 0 Å². The second-order valence-corrected chi connectivity index (χ2v) is 10.4. The maximum absolute atomic E-state index is 12.4. The van der Waals surface area contributed by atoms with Crippen LogP contribution in [-0.4, -0.2) is 37.9 Å². The van der Waals surface area contributed by atoms with Gasteiger partial charge in [0.05, 0.1) is 28.9 Å². The molecule has 1 N–H and O–H groups in total. The van der Waals surface area contributed by atoms with Crippen LogP contribution in [0.15, 0.2) is 53.6 Å². The Kier molecular flexibility index (Phi) is 7.51. The molecule has 0 aliphatic rings. The van der Waals surface area contributed by atoms with E-state index in [-0.39, 0.29) is 0 Å². The van der Waals surface area contributed by atoms with Crippen molar-refractivity contribution in [3.05, 3.63) is 81.1 Å². The SMILES string of the molecule is Cc1ccc(N(CC(=O)N/N=C/c2cc(C)n(-c3ccc(Cl)cc3Cl)c2C)S(C)(=O)=O)cc1. The number of rotatable bonds is 7. The Morgan fingerprint density at radius 1 is 1.09 bits per heavy atom. The number of nitrogens with one attached hydrogen (secondary N) is 1. The van der Waals surface area contributed by atoms with E-state index in [0.29, 0.717) is 15.7 Å². The first-order valence-electron chi connectivity index (χ1n) is 9.98. The lowest BCUT2D eigenvalue weighted by Gasteiger charge is -2.21. The van der Waals surface area contributed by atoms with Crippen molar-refractivity contribution in [1.29, 1.82) is 0 Å². The number of hydrogen-bond acceptors (Lipinski definition) is 4. The molecule has 0 atom stereocenters. The quantitative estimate of drug-likeness (QED) is 0.374. The molecule has 0 saturated carbocycles. The number of sulfonamides is 1. The van der Waals surface area contributed by atoms with E-state index >= 15 is 0 Å². The molecule has 0 aliphatic carbocycles. The fraction of sp³-hybridized carbons (Fsp3) is 0.217. The summed E-state index contributed by atoms with van der Waals surface area (Å²) in [4.78, 5) is 12.4. The second kappa shape index (κ2) is 9.99. The third-order valence-electron chi connectivity index (χ3n) is 5.02. The summed E-state index contributed by atoms with van der Waals surface area (Å²) in [6.45, 7) is 5.34. The normalized spacial score (nSPS) is 11.7. The van der Waals surface area contributed by atoms with Crippen LogP contribution in [0.1, 0.15) is 22.5 Å². The van der Waals surface area contributed by atoms with E-state index in [9.17, 15) is 13.2 Å². The first kappa shape index (κ1) is 24.8. The Hall–Kier alpha value is -2.81. The van der Waals surface area contributed by atoms with Crippen LogP contribution < -0.4 is 9.73 Å². The van der Waals surface area contributed by atoms with Gasteiger partial charge in [-0.05, 0) is 57.2 Å². The van der Waals surface area contributed by atoms with Crippen molar-refractivity contribution in [3.8, 4) is 5.69 Å². The van der Waals surface area contributed by atoms with E-state index in [1.807, 2.05) is 37.5 Å². The number of hydrazone groups is 1. The average Bonchev–Trinajstić information content (AvgIpc) is 3.00.